The number of rotatable bonds is 48. The van der Waals surface area contributed by atoms with E-state index < -0.39 is 188 Å². The van der Waals surface area contributed by atoms with Crippen molar-refractivity contribution in [2.75, 3.05) is 177 Å². The molecule has 487 valence electrons. The Morgan fingerprint density at radius 1 is 0.140 bits per heavy atom. The molecule has 0 aromatic rings. The van der Waals surface area contributed by atoms with Crippen LogP contribution in [-0.4, -0.2) is 310 Å². The van der Waals surface area contributed by atoms with Crippen LogP contribution in [0.5, 0.6) is 0 Å². The van der Waals surface area contributed by atoms with Gasteiger partial charge in [-0.3, -0.25) is 44.1 Å². The van der Waals surface area contributed by atoms with Crippen molar-refractivity contribution >= 4 is 89.5 Å². The molecule has 0 aliphatic carbocycles. The monoisotopic (exact) mass is 1950 g/mol. The van der Waals surface area contributed by atoms with Gasteiger partial charge in [0, 0.05) is 177 Å². The Morgan fingerprint density at radius 3 is 0.267 bits per heavy atom. The van der Waals surface area contributed by atoms with Crippen LogP contribution in [-0.2, 0) is 71.9 Å². The molecule has 0 atom stereocenters. The van der Waals surface area contributed by atoms with Crippen LogP contribution in [0, 0.1) is 200 Å². The van der Waals surface area contributed by atoms with E-state index in [4.69, 9.17) is 0 Å². The number of carbonyl (C=O) groups is 15. The Kier molecular flexibility index (Phi) is 69.7. The van der Waals surface area contributed by atoms with Crippen LogP contribution >= 0.6 is 0 Å². The standard InChI is InChI=1S/3C14H23N3O10.5Gd/c3*18-10(19)5-15(1-3-16(6-11(20)21)7-12(22)23)2-4-17(8-13(24)25)9-14(26)27;;;;;/h3*1-9H2,(H,18,19)(H,20,21)(H,22,23)(H,24,25)(H,26,27);;;;;/q;;;5*+3/p-15. The van der Waals surface area contributed by atoms with Crippen molar-refractivity contribution in [3.63, 3.8) is 0 Å². The van der Waals surface area contributed by atoms with Crippen molar-refractivity contribution in [3.05, 3.63) is 0 Å². The Hall–Kier alpha value is -1.69. The topological polar surface area (TPSA) is 631 Å². The predicted molar refractivity (Wildman–Crippen MR) is 223 cm³/mol. The Labute approximate surface area is 649 Å². The van der Waals surface area contributed by atoms with Gasteiger partial charge in [0.15, 0.2) is 0 Å². The zero-order valence-corrected chi connectivity index (χ0v) is 56.0. The average Bonchev–Trinajstić information content (AvgIpc) is 3.26. The van der Waals surface area contributed by atoms with Gasteiger partial charge < -0.3 is 149 Å². The van der Waals surface area contributed by atoms with Gasteiger partial charge in [-0.05, 0) is 0 Å². The Balaban J connectivity index is -0.000000172. The third-order valence-corrected chi connectivity index (χ3v) is 9.69. The number of aliphatic carboxylic acids is 15. The molecule has 0 N–H and O–H groups in total. The van der Waals surface area contributed by atoms with Crippen LogP contribution in [0.4, 0.5) is 0 Å². The van der Waals surface area contributed by atoms with E-state index in [1.807, 2.05) is 0 Å². The summed E-state index contributed by atoms with van der Waals surface area (Å²) in [5.74, 6) is -23.0. The van der Waals surface area contributed by atoms with Crippen molar-refractivity contribution in [1.82, 2.24) is 44.1 Å². The van der Waals surface area contributed by atoms with E-state index in [2.05, 4.69) is 0 Å². The molecular formula is C42H54Gd5N9O30. The Morgan fingerprint density at radius 2 is 0.198 bits per heavy atom. The van der Waals surface area contributed by atoms with Crippen LogP contribution in [0.2, 0.25) is 0 Å². The molecule has 0 fully saturated rings. The first-order chi connectivity index (χ1) is 37.5. The molecule has 0 amide bonds. The minimum absolute atomic E-state index is 0. The molecule has 0 aliphatic heterocycles. The summed E-state index contributed by atoms with van der Waals surface area (Å²) >= 11 is 0. The first kappa shape index (κ1) is 100. The van der Waals surface area contributed by atoms with E-state index in [-0.39, 0.29) is 278 Å². The third kappa shape index (κ3) is 69.8. The van der Waals surface area contributed by atoms with E-state index in [1.165, 1.54) is 14.7 Å². The summed E-state index contributed by atoms with van der Waals surface area (Å²) < 4.78 is 0. The largest absolute Gasteiger partial charge is 3.00 e. The fourth-order valence-electron chi connectivity index (χ4n) is 6.53. The van der Waals surface area contributed by atoms with Crippen molar-refractivity contribution in [1.29, 1.82) is 0 Å². The van der Waals surface area contributed by atoms with Crippen LogP contribution in [0.15, 0.2) is 0 Å². The van der Waals surface area contributed by atoms with Crippen LogP contribution < -0.4 is 76.6 Å². The summed E-state index contributed by atoms with van der Waals surface area (Å²) in [5.41, 5.74) is 0. The molecule has 0 unspecified atom stereocenters. The molecule has 86 heavy (non-hydrogen) atoms. The SMILES string of the molecule is O=C([O-])CN(CCN(CC(=O)[O-])CC(=O)[O-])CCN(CC(=O)[O-])CC(=O)[O-].O=C([O-])CN(CCN(CC(=O)[O-])CC(=O)[O-])CCN(CC(=O)[O-])CC(=O)[O-].O=C([O-])CN(CCN(CC(=O)[O-])CC(=O)[O-])CCN(CC(=O)[O-])CC(=O)[O-].[Gd+3].[Gd+3].[Gd+3].[Gd+3].[Gd+3]. The summed E-state index contributed by atoms with van der Waals surface area (Å²) in [6, 6.07) is 0. The van der Waals surface area contributed by atoms with Gasteiger partial charge in [0.05, 0.1) is 89.5 Å². The summed E-state index contributed by atoms with van der Waals surface area (Å²) in [6.07, 6.45) is 0. The molecule has 0 aliphatic rings. The zero-order valence-electron chi connectivity index (χ0n) is 44.6. The zero-order chi connectivity index (χ0) is 62.9. The first-order valence-corrected chi connectivity index (χ1v) is 23.0. The summed E-state index contributed by atoms with van der Waals surface area (Å²) in [4.78, 5) is 169. The summed E-state index contributed by atoms with van der Waals surface area (Å²) in [7, 11) is 0. The maximum Gasteiger partial charge on any atom is 3.00 e. The molecule has 0 spiro atoms. The molecule has 0 rings (SSSR count). The van der Waals surface area contributed by atoms with Gasteiger partial charge in [-0.25, -0.2) is 0 Å². The van der Waals surface area contributed by atoms with Crippen LogP contribution in [0.3, 0.4) is 0 Å². The smallest absolute Gasteiger partial charge is 0.549 e. The number of hydrogen-bond acceptors (Lipinski definition) is 39. The van der Waals surface area contributed by atoms with Crippen molar-refractivity contribution in [2.45, 2.75) is 0 Å². The third-order valence-electron chi connectivity index (χ3n) is 9.69. The fraction of sp³-hybridized carbons (Fsp3) is 0.643. The van der Waals surface area contributed by atoms with Gasteiger partial charge in [-0.1, -0.05) is 0 Å². The average molecular weight is 1950 g/mol. The second kappa shape index (κ2) is 59.6. The maximum atomic E-state index is 10.8. The second-order valence-electron chi connectivity index (χ2n) is 16.7. The molecule has 0 heterocycles. The molecule has 0 aromatic carbocycles. The fourth-order valence-corrected chi connectivity index (χ4v) is 6.53. The summed E-state index contributed by atoms with van der Waals surface area (Å²) in [5, 5.41) is 160. The van der Waals surface area contributed by atoms with E-state index in [1.54, 1.807) is 0 Å². The number of carboxylic acid groups (broad SMARTS) is 15. The minimum Gasteiger partial charge on any atom is -0.549 e. The second-order valence-corrected chi connectivity index (χ2v) is 16.7. The van der Waals surface area contributed by atoms with Crippen molar-refractivity contribution < 1.29 is 348 Å². The number of carbonyl (C=O) groups excluding carboxylic acids is 15. The molecule has 5 radical (unpaired) electrons. The molecule has 0 saturated heterocycles. The molecule has 44 heteroatoms. The van der Waals surface area contributed by atoms with E-state index in [0.717, 1.165) is 29.4 Å². The molecule has 0 saturated carbocycles. The molecule has 39 nitrogen and oxygen atoms in total. The quantitative estimate of drug-likeness (QED) is 0.0546. The molecule has 0 aromatic heterocycles. The Bertz CT molecular complexity index is 1700. The normalized spacial score (nSPS) is 10.4. The number of hydrogen-bond donors (Lipinski definition) is 0. The van der Waals surface area contributed by atoms with Gasteiger partial charge in [0.1, 0.15) is 0 Å². The van der Waals surface area contributed by atoms with Crippen LogP contribution in [0.25, 0.3) is 0 Å². The van der Waals surface area contributed by atoms with Gasteiger partial charge >= 0.3 is 200 Å². The molecule has 0 bridgehead atoms. The van der Waals surface area contributed by atoms with Crippen LogP contribution in [0.1, 0.15) is 0 Å². The number of nitrogens with zero attached hydrogens (tertiary/aromatic N) is 9. The summed E-state index contributed by atoms with van der Waals surface area (Å²) in [6.45, 7) is -12.5. The number of carboxylic acids is 15. The van der Waals surface area contributed by atoms with Gasteiger partial charge in [0.25, 0.3) is 0 Å². The molecular weight excluding hydrogens is 1900 g/mol. The maximum absolute atomic E-state index is 10.8. The first-order valence-electron chi connectivity index (χ1n) is 23.0. The van der Waals surface area contributed by atoms with Crippen molar-refractivity contribution in [3.8, 4) is 0 Å². The van der Waals surface area contributed by atoms with Gasteiger partial charge in [0.2, 0.25) is 0 Å². The van der Waals surface area contributed by atoms with Gasteiger partial charge in [-0.15, -0.1) is 0 Å². The van der Waals surface area contributed by atoms with Crippen molar-refractivity contribution in [2.24, 2.45) is 0 Å². The van der Waals surface area contributed by atoms with E-state index in [9.17, 15) is 149 Å². The van der Waals surface area contributed by atoms with E-state index in [0.29, 0.717) is 0 Å². The predicted octanol–water partition coefficient (Wildman–Crippen LogP) is -28.1. The van der Waals surface area contributed by atoms with E-state index >= 15 is 0 Å². The minimum atomic E-state index is -1.54. The van der Waals surface area contributed by atoms with Gasteiger partial charge in [-0.2, -0.15) is 0 Å².